The van der Waals surface area contributed by atoms with Gasteiger partial charge in [0.05, 0.1) is 17.2 Å². The zero-order valence-electron chi connectivity index (χ0n) is 9.02. The van der Waals surface area contributed by atoms with E-state index >= 15 is 0 Å². The van der Waals surface area contributed by atoms with Crippen LogP contribution in [0.2, 0.25) is 0 Å². The predicted octanol–water partition coefficient (Wildman–Crippen LogP) is 3.76. The fourth-order valence-electron chi connectivity index (χ4n) is 1.30. The van der Waals surface area contributed by atoms with Crippen molar-refractivity contribution in [2.24, 2.45) is 0 Å². The van der Waals surface area contributed by atoms with Gasteiger partial charge in [-0.15, -0.1) is 0 Å². The van der Waals surface area contributed by atoms with Crippen molar-refractivity contribution in [1.82, 2.24) is 5.48 Å². The number of hydrogen-bond acceptors (Lipinski definition) is 2. The molecule has 0 fully saturated rings. The highest BCUT2D eigenvalue weighted by atomic mass is 19.4. The summed E-state index contributed by atoms with van der Waals surface area (Å²) in [6.07, 6.45) is -9.77. The first kappa shape index (κ1) is 14.8. The van der Waals surface area contributed by atoms with Crippen LogP contribution in [-0.2, 0) is 12.4 Å². The lowest BCUT2D eigenvalue weighted by atomic mass is 10.0. The van der Waals surface area contributed by atoms with Crippen LogP contribution in [0.5, 0.6) is 0 Å². The zero-order valence-corrected chi connectivity index (χ0v) is 9.02. The lowest BCUT2D eigenvalue weighted by Gasteiger charge is -2.16. The Labute approximate surface area is 98.2 Å². The number of nitrogens with one attached hydrogen (secondary N) is 1. The summed E-state index contributed by atoms with van der Waals surface area (Å²) in [7, 11) is 0. The van der Waals surface area contributed by atoms with Crippen molar-refractivity contribution in [2.75, 3.05) is 0 Å². The lowest BCUT2D eigenvalue weighted by Crippen LogP contribution is -2.17. The molecule has 0 saturated carbocycles. The molecular weight excluding hydrogens is 264 g/mol. The third-order valence-electron chi connectivity index (χ3n) is 2.30. The molecule has 0 aliphatic carbocycles. The van der Waals surface area contributed by atoms with Crippen molar-refractivity contribution < 1.29 is 31.5 Å². The van der Waals surface area contributed by atoms with Crippen LogP contribution < -0.4 is 5.48 Å². The maximum absolute atomic E-state index is 12.5. The number of benzene rings is 1. The van der Waals surface area contributed by atoms with E-state index in [4.69, 9.17) is 5.21 Å². The first-order chi connectivity index (χ1) is 8.05. The van der Waals surface area contributed by atoms with Crippen molar-refractivity contribution in [3.8, 4) is 0 Å². The molecule has 102 valence electrons. The molecule has 2 nitrogen and oxygen atoms in total. The van der Waals surface area contributed by atoms with Gasteiger partial charge in [0.25, 0.3) is 0 Å². The summed E-state index contributed by atoms with van der Waals surface area (Å²) in [5.41, 5.74) is -1.52. The Morgan fingerprint density at radius 2 is 1.33 bits per heavy atom. The van der Waals surface area contributed by atoms with Crippen molar-refractivity contribution in [1.29, 1.82) is 0 Å². The molecule has 2 N–H and O–H groups in total. The highest BCUT2D eigenvalue weighted by Gasteiger charge is 2.37. The molecule has 0 aliphatic heterocycles. The molecule has 0 bridgehead atoms. The molecule has 8 heteroatoms. The maximum atomic E-state index is 12.5. The second-order valence-corrected chi connectivity index (χ2v) is 3.69. The van der Waals surface area contributed by atoms with Crippen molar-refractivity contribution in [3.05, 3.63) is 34.9 Å². The van der Waals surface area contributed by atoms with Crippen LogP contribution in [0.15, 0.2) is 18.2 Å². The molecule has 18 heavy (non-hydrogen) atoms. The van der Waals surface area contributed by atoms with E-state index in [1.165, 1.54) is 6.92 Å². The van der Waals surface area contributed by atoms with Gasteiger partial charge in [-0.2, -0.15) is 31.8 Å². The fourth-order valence-corrected chi connectivity index (χ4v) is 1.30. The SMILES string of the molecule is C[C@H](NO)c1cc(C(F)(F)F)cc(C(F)(F)F)c1. The van der Waals surface area contributed by atoms with Crippen LogP contribution in [-0.4, -0.2) is 5.21 Å². The average Bonchev–Trinajstić information content (AvgIpc) is 2.25. The lowest BCUT2D eigenvalue weighted by molar-refractivity contribution is -0.143. The Hall–Kier alpha value is -1.28. The smallest absolute Gasteiger partial charge is 0.316 e. The van der Waals surface area contributed by atoms with Crippen LogP contribution in [0, 0.1) is 0 Å². The first-order valence-corrected chi connectivity index (χ1v) is 4.74. The summed E-state index contributed by atoms with van der Waals surface area (Å²) in [6.45, 7) is 1.23. The highest BCUT2D eigenvalue weighted by molar-refractivity contribution is 5.34. The van der Waals surface area contributed by atoms with Gasteiger partial charge in [-0.05, 0) is 30.7 Å². The molecule has 1 aromatic rings. The van der Waals surface area contributed by atoms with Gasteiger partial charge >= 0.3 is 12.4 Å². The van der Waals surface area contributed by atoms with E-state index in [9.17, 15) is 26.3 Å². The molecule has 1 atom stereocenters. The summed E-state index contributed by atoms with van der Waals surface area (Å²) in [4.78, 5) is 0. The van der Waals surface area contributed by atoms with Gasteiger partial charge in [-0.1, -0.05) is 0 Å². The highest BCUT2D eigenvalue weighted by Crippen LogP contribution is 2.37. The predicted molar refractivity (Wildman–Crippen MR) is 49.8 cm³/mol. The Morgan fingerprint density at radius 3 is 1.61 bits per heavy atom. The molecule has 0 aromatic heterocycles. The van der Waals surface area contributed by atoms with E-state index < -0.39 is 29.5 Å². The van der Waals surface area contributed by atoms with Gasteiger partial charge in [0.15, 0.2) is 0 Å². The van der Waals surface area contributed by atoms with Gasteiger partial charge in [0, 0.05) is 0 Å². The first-order valence-electron chi connectivity index (χ1n) is 4.74. The van der Waals surface area contributed by atoms with Crippen LogP contribution in [0.25, 0.3) is 0 Å². The summed E-state index contributed by atoms with van der Waals surface area (Å²) in [5.74, 6) is 0. The van der Waals surface area contributed by atoms with Crippen molar-refractivity contribution >= 4 is 0 Å². The molecule has 0 unspecified atom stereocenters. The van der Waals surface area contributed by atoms with Crippen LogP contribution >= 0.6 is 0 Å². The molecule has 1 aromatic carbocycles. The fraction of sp³-hybridized carbons (Fsp3) is 0.400. The van der Waals surface area contributed by atoms with Crippen molar-refractivity contribution in [3.63, 3.8) is 0 Å². The topological polar surface area (TPSA) is 32.3 Å². The summed E-state index contributed by atoms with van der Waals surface area (Å²) >= 11 is 0. The number of hydroxylamine groups is 1. The Morgan fingerprint density at radius 1 is 0.944 bits per heavy atom. The average molecular weight is 273 g/mol. The number of halogens is 6. The minimum Gasteiger partial charge on any atom is -0.316 e. The standard InChI is InChI=1S/C10H9F6NO/c1-5(17-18)6-2-7(9(11,12)13)4-8(3-6)10(14,15)16/h2-5,17-18H,1H3/t5-/m0/s1. The second-order valence-electron chi connectivity index (χ2n) is 3.69. The molecule has 0 spiro atoms. The Kier molecular flexibility index (Phi) is 3.92. The number of rotatable bonds is 2. The van der Waals surface area contributed by atoms with Crippen LogP contribution in [0.3, 0.4) is 0 Å². The largest absolute Gasteiger partial charge is 0.416 e. The molecule has 0 saturated heterocycles. The number of alkyl halides is 6. The van der Waals surface area contributed by atoms with Crippen LogP contribution in [0.1, 0.15) is 29.7 Å². The Balaban J connectivity index is 3.39. The van der Waals surface area contributed by atoms with Gasteiger partial charge in [0.1, 0.15) is 0 Å². The van der Waals surface area contributed by atoms with Crippen LogP contribution in [0.4, 0.5) is 26.3 Å². The summed E-state index contributed by atoms with van der Waals surface area (Å²) < 4.78 is 74.7. The van der Waals surface area contributed by atoms with E-state index in [1.54, 1.807) is 5.48 Å². The normalized spacial score (nSPS) is 14.7. The second kappa shape index (κ2) is 4.77. The summed E-state index contributed by atoms with van der Waals surface area (Å²) in [6, 6.07) is 0.105. The van der Waals surface area contributed by atoms with E-state index in [0.29, 0.717) is 12.1 Å². The molecule has 0 heterocycles. The van der Waals surface area contributed by atoms with Gasteiger partial charge in [-0.3, -0.25) is 0 Å². The van der Waals surface area contributed by atoms with E-state index in [2.05, 4.69) is 0 Å². The van der Waals surface area contributed by atoms with E-state index in [1.807, 2.05) is 0 Å². The summed E-state index contributed by atoms with van der Waals surface area (Å²) in [5, 5.41) is 8.56. The maximum Gasteiger partial charge on any atom is 0.416 e. The minimum atomic E-state index is -4.88. The number of hydrogen-bond donors (Lipinski definition) is 2. The Bertz CT molecular complexity index is 393. The molecule has 1 rings (SSSR count). The molecule has 0 radical (unpaired) electrons. The van der Waals surface area contributed by atoms with Gasteiger partial charge in [0.2, 0.25) is 0 Å². The third-order valence-corrected chi connectivity index (χ3v) is 2.30. The van der Waals surface area contributed by atoms with E-state index in [-0.39, 0.29) is 11.6 Å². The molecule has 0 aliphatic rings. The zero-order chi connectivity index (χ0) is 14.1. The van der Waals surface area contributed by atoms with Gasteiger partial charge in [-0.25, -0.2) is 0 Å². The quantitative estimate of drug-likeness (QED) is 0.635. The third kappa shape index (κ3) is 3.36. The van der Waals surface area contributed by atoms with E-state index in [0.717, 1.165) is 0 Å². The van der Waals surface area contributed by atoms with Crippen molar-refractivity contribution in [2.45, 2.75) is 25.3 Å². The molecular formula is C10H9F6NO. The monoisotopic (exact) mass is 273 g/mol. The molecule has 0 amide bonds. The minimum absolute atomic E-state index is 0.0353. The van der Waals surface area contributed by atoms with Gasteiger partial charge < -0.3 is 5.21 Å².